The lowest BCUT2D eigenvalue weighted by Gasteiger charge is -2.18. The summed E-state index contributed by atoms with van der Waals surface area (Å²) in [5, 5.41) is 15.4. The van der Waals surface area contributed by atoms with E-state index < -0.39 is 12.2 Å². The third-order valence-electron chi connectivity index (χ3n) is 3.52. The van der Waals surface area contributed by atoms with E-state index in [0.29, 0.717) is 16.4 Å². The average molecular weight is 358 g/mol. The van der Waals surface area contributed by atoms with Gasteiger partial charge in [-0.3, -0.25) is 0 Å². The van der Waals surface area contributed by atoms with Crippen molar-refractivity contribution in [3.8, 4) is 11.4 Å². The van der Waals surface area contributed by atoms with Gasteiger partial charge in [-0.2, -0.15) is 4.80 Å². The Kier molecular flexibility index (Phi) is 5.25. The molecule has 2 aromatic carbocycles. The number of hydrogen-bond acceptors (Lipinski definition) is 5. The lowest BCUT2D eigenvalue weighted by molar-refractivity contribution is 0.0837. The van der Waals surface area contributed by atoms with E-state index in [9.17, 15) is 4.79 Å². The summed E-state index contributed by atoms with van der Waals surface area (Å²) in [5.41, 5.74) is 1.53. The second kappa shape index (κ2) is 7.76. The minimum Gasteiger partial charge on any atom is -0.439 e. The van der Waals surface area contributed by atoms with Gasteiger partial charge in [0.1, 0.15) is 6.54 Å². The molecule has 3 aromatic rings. The Morgan fingerprint density at radius 3 is 2.64 bits per heavy atom. The lowest BCUT2D eigenvalue weighted by atomic mass is 10.1. The number of aromatic nitrogens is 4. The molecule has 1 atom stereocenters. The second-order valence-electron chi connectivity index (χ2n) is 5.20. The first-order valence-corrected chi connectivity index (χ1v) is 8.01. The van der Waals surface area contributed by atoms with Crippen molar-refractivity contribution in [1.29, 1.82) is 0 Å². The van der Waals surface area contributed by atoms with Gasteiger partial charge in [0.15, 0.2) is 6.10 Å². The van der Waals surface area contributed by atoms with Crippen molar-refractivity contribution in [3.63, 3.8) is 0 Å². The summed E-state index contributed by atoms with van der Waals surface area (Å²) in [6.07, 6.45) is -1.21. The molecule has 128 valence electrons. The molecule has 0 aliphatic carbocycles. The van der Waals surface area contributed by atoms with Crippen molar-refractivity contribution in [2.75, 3.05) is 7.05 Å². The number of rotatable bonds is 5. The van der Waals surface area contributed by atoms with Crippen LogP contribution in [0, 0.1) is 0 Å². The third kappa shape index (κ3) is 4.13. The third-order valence-corrected chi connectivity index (χ3v) is 3.86. The zero-order valence-electron chi connectivity index (χ0n) is 13.5. The fourth-order valence-electron chi connectivity index (χ4n) is 2.30. The zero-order chi connectivity index (χ0) is 17.6. The smallest absolute Gasteiger partial charge is 0.407 e. The van der Waals surface area contributed by atoms with Crippen molar-refractivity contribution >= 4 is 17.7 Å². The standard InChI is InChI=1S/C17H16ClN5O2/c1-19-17(24)25-15(13-9-5-6-10-14(13)18)11-23-21-16(20-22-23)12-7-3-2-4-8-12/h2-10,15H,11H2,1H3,(H,19,24)/t15-/m1/s1. The van der Waals surface area contributed by atoms with Gasteiger partial charge in [0.05, 0.1) is 0 Å². The monoisotopic (exact) mass is 357 g/mol. The van der Waals surface area contributed by atoms with Crippen LogP contribution in [0.2, 0.25) is 5.02 Å². The first-order valence-electron chi connectivity index (χ1n) is 7.63. The van der Waals surface area contributed by atoms with Gasteiger partial charge >= 0.3 is 6.09 Å². The van der Waals surface area contributed by atoms with Crippen LogP contribution in [-0.4, -0.2) is 33.3 Å². The molecule has 3 rings (SSSR count). The number of carbonyl (C=O) groups excluding carboxylic acids is 1. The highest BCUT2D eigenvalue weighted by molar-refractivity contribution is 6.31. The fourth-order valence-corrected chi connectivity index (χ4v) is 2.55. The van der Waals surface area contributed by atoms with Crippen molar-refractivity contribution in [3.05, 3.63) is 65.2 Å². The summed E-state index contributed by atoms with van der Waals surface area (Å²) in [5.74, 6) is 0.499. The molecule has 1 amide bonds. The average Bonchev–Trinajstić information content (AvgIpc) is 3.11. The van der Waals surface area contributed by atoms with Gasteiger partial charge in [-0.15, -0.1) is 10.2 Å². The van der Waals surface area contributed by atoms with Gasteiger partial charge < -0.3 is 10.1 Å². The molecule has 0 aliphatic heterocycles. The Labute approximate surface area is 149 Å². The summed E-state index contributed by atoms with van der Waals surface area (Å²) >= 11 is 6.24. The molecule has 0 aliphatic rings. The quantitative estimate of drug-likeness (QED) is 0.758. The van der Waals surface area contributed by atoms with Gasteiger partial charge in [0, 0.05) is 23.2 Å². The highest BCUT2D eigenvalue weighted by Gasteiger charge is 2.21. The molecule has 0 spiro atoms. The fraction of sp³-hybridized carbons (Fsp3) is 0.176. The Bertz CT molecular complexity index is 853. The van der Waals surface area contributed by atoms with Crippen LogP contribution in [-0.2, 0) is 11.3 Å². The normalized spacial score (nSPS) is 11.8. The first-order chi connectivity index (χ1) is 12.2. The highest BCUT2D eigenvalue weighted by atomic mass is 35.5. The summed E-state index contributed by atoms with van der Waals surface area (Å²) in [7, 11) is 1.49. The SMILES string of the molecule is CNC(=O)O[C@H](Cn1nnc(-c2ccccc2)n1)c1ccccc1Cl. The number of nitrogens with zero attached hydrogens (tertiary/aromatic N) is 4. The molecule has 0 bridgehead atoms. The molecule has 8 heteroatoms. The van der Waals surface area contributed by atoms with Crippen LogP contribution in [0.3, 0.4) is 0 Å². The van der Waals surface area contributed by atoms with Crippen LogP contribution in [0.15, 0.2) is 54.6 Å². The van der Waals surface area contributed by atoms with Crippen molar-refractivity contribution < 1.29 is 9.53 Å². The summed E-state index contributed by atoms with van der Waals surface area (Å²) in [4.78, 5) is 13.1. The van der Waals surface area contributed by atoms with E-state index in [1.54, 1.807) is 12.1 Å². The maximum atomic E-state index is 11.7. The van der Waals surface area contributed by atoms with Gasteiger partial charge in [-0.25, -0.2) is 4.79 Å². The molecule has 0 saturated heterocycles. The van der Waals surface area contributed by atoms with Gasteiger partial charge in [-0.1, -0.05) is 60.1 Å². The van der Waals surface area contributed by atoms with E-state index in [2.05, 4.69) is 20.7 Å². The molecule has 0 fully saturated rings. The lowest BCUT2D eigenvalue weighted by Crippen LogP contribution is -2.25. The molecule has 25 heavy (non-hydrogen) atoms. The van der Waals surface area contributed by atoms with Gasteiger partial charge in [-0.05, 0) is 11.3 Å². The predicted molar refractivity (Wildman–Crippen MR) is 93.0 cm³/mol. The minimum absolute atomic E-state index is 0.191. The summed E-state index contributed by atoms with van der Waals surface area (Å²) in [6, 6.07) is 16.7. The maximum Gasteiger partial charge on any atom is 0.407 e. The minimum atomic E-state index is -0.647. The number of carbonyl (C=O) groups is 1. The highest BCUT2D eigenvalue weighted by Crippen LogP contribution is 2.27. The number of halogens is 1. The number of hydrogen-bond donors (Lipinski definition) is 1. The van der Waals surface area contributed by atoms with E-state index in [1.165, 1.54) is 11.8 Å². The molecular formula is C17H16ClN5O2. The van der Waals surface area contributed by atoms with Crippen molar-refractivity contribution in [2.45, 2.75) is 12.6 Å². The molecule has 0 radical (unpaired) electrons. The molecule has 0 unspecified atom stereocenters. The van der Waals surface area contributed by atoms with Crippen LogP contribution >= 0.6 is 11.6 Å². The number of nitrogens with one attached hydrogen (secondary N) is 1. The number of tetrazole rings is 1. The number of benzene rings is 2. The molecule has 1 heterocycles. The zero-order valence-corrected chi connectivity index (χ0v) is 14.2. The largest absolute Gasteiger partial charge is 0.439 e. The molecule has 0 saturated carbocycles. The van der Waals surface area contributed by atoms with Crippen molar-refractivity contribution in [2.24, 2.45) is 0 Å². The topological polar surface area (TPSA) is 81.9 Å². The predicted octanol–water partition coefficient (Wildman–Crippen LogP) is 3.09. The Morgan fingerprint density at radius 1 is 1.20 bits per heavy atom. The molecule has 7 nitrogen and oxygen atoms in total. The molecular weight excluding hydrogens is 342 g/mol. The van der Waals surface area contributed by atoms with Crippen LogP contribution in [0.4, 0.5) is 4.79 Å². The van der Waals surface area contributed by atoms with E-state index in [1.807, 2.05) is 42.5 Å². The maximum absolute atomic E-state index is 11.7. The van der Waals surface area contributed by atoms with E-state index in [4.69, 9.17) is 16.3 Å². The number of amides is 1. The molecule has 1 aromatic heterocycles. The Morgan fingerprint density at radius 2 is 1.92 bits per heavy atom. The van der Waals surface area contributed by atoms with Crippen molar-refractivity contribution in [1.82, 2.24) is 25.5 Å². The van der Waals surface area contributed by atoms with Crippen LogP contribution < -0.4 is 5.32 Å². The van der Waals surface area contributed by atoms with Crippen LogP contribution in [0.5, 0.6) is 0 Å². The molecule has 1 N–H and O–H groups in total. The van der Waals surface area contributed by atoms with Gasteiger partial charge in [0.2, 0.25) is 5.82 Å². The number of alkyl carbamates (subject to hydrolysis) is 1. The van der Waals surface area contributed by atoms with Gasteiger partial charge in [0.25, 0.3) is 0 Å². The second-order valence-corrected chi connectivity index (χ2v) is 5.61. The summed E-state index contributed by atoms with van der Waals surface area (Å²) < 4.78 is 5.42. The van der Waals surface area contributed by atoms with Crippen LogP contribution in [0.1, 0.15) is 11.7 Å². The van der Waals surface area contributed by atoms with Crippen LogP contribution in [0.25, 0.3) is 11.4 Å². The Balaban J connectivity index is 1.84. The van der Waals surface area contributed by atoms with E-state index in [0.717, 1.165) is 5.56 Å². The van der Waals surface area contributed by atoms with E-state index in [-0.39, 0.29) is 6.54 Å². The number of ether oxygens (including phenoxy) is 1. The summed E-state index contributed by atoms with van der Waals surface area (Å²) in [6.45, 7) is 0.191. The van der Waals surface area contributed by atoms with E-state index >= 15 is 0 Å². The first kappa shape index (κ1) is 16.9. The Hall–Kier alpha value is -2.93.